The molecule has 0 aliphatic heterocycles. The molecular weight excluding hydrogens is 228 g/mol. The molecule has 0 saturated carbocycles. The van der Waals surface area contributed by atoms with Gasteiger partial charge in [-0.3, -0.25) is 4.98 Å². The van der Waals surface area contributed by atoms with Crippen LogP contribution in [0.5, 0.6) is 5.75 Å². The summed E-state index contributed by atoms with van der Waals surface area (Å²) in [5.74, 6) is 0.854. The highest BCUT2D eigenvalue weighted by Crippen LogP contribution is 2.25. The lowest BCUT2D eigenvalue weighted by Gasteiger charge is -2.07. The Balaban J connectivity index is 2.13. The zero-order chi connectivity index (χ0) is 12.4. The van der Waals surface area contributed by atoms with Crippen molar-refractivity contribution in [2.24, 2.45) is 0 Å². The second-order valence-electron chi connectivity index (χ2n) is 3.79. The van der Waals surface area contributed by atoms with Gasteiger partial charge < -0.3 is 4.74 Å². The van der Waals surface area contributed by atoms with E-state index in [2.05, 4.69) is 15.3 Å². The van der Waals surface area contributed by atoms with Gasteiger partial charge in [0.05, 0.1) is 30.2 Å². The van der Waals surface area contributed by atoms with E-state index in [9.17, 15) is 0 Å². The second-order valence-corrected chi connectivity index (χ2v) is 3.79. The van der Waals surface area contributed by atoms with Gasteiger partial charge in [0.15, 0.2) is 0 Å². The first-order chi connectivity index (χ1) is 8.88. The zero-order valence-corrected chi connectivity index (χ0v) is 9.95. The van der Waals surface area contributed by atoms with E-state index in [4.69, 9.17) is 4.74 Å². The number of ether oxygens (including phenoxy) is 1. The summed E-state index contributed by atoms with van der Waals surface area (Å²) in [5, 5.41) is 8.76. The van der Waals surface area contributed by atoms with Crippen LogP contribution in [-0.2, 0) is 0 Å². The quantitative estimate of drug-likeness (QED) is 0.704. The van der Waals surface area contributed by atoms with Crippen LogP contribution in [0.15, 0.2) is 42.9 Å². The van der Waals surface area contributed by atoms with Gasteiger partial charge in [0.2, 0.25) is 0 Å². The Labute approximate surface area is 104 Å². The van der Waals surface area contributed by atoms with Crippen molar-refractivity contribution < 1.29 is 4.74 Å². The summed E-state index contributed by atoms with van der Waals surface area (Å²) in [6, 6.07) is 7.80. The minimum absolute atomic E-state index is 0.643. The molecule has 5 nitrogen and oxygen atoms in total. The molecule has 0 amide bonds. The standard InChI is InChI=1S/C13H12N4O/c1-2-18-13-5-6-14-12-9-10(3-4-11(12)13)17-8-7-15-16-17/h3-9H,2H2,1H3. The molecule has 18 heavy (non-hydrogen) atoms. The van der Waals surface area contributed by atoms with Crippen molar-refractivity contribution in [1.82, 2.24) is 20.0 Å². The normalized spacial score (nSPS) is 10.7. The van der Waals surface area contributed by atoms with Crippen molar-refractivity contribution in [2.75, 3.05) is 6.61 Å². The molecule has 0 unspecified atom stereocenters. The first-order valence-electron chi connectivity index (χ1n) is 5.77. The van der Waals surface area contributed by atoms with Crippen LogP contribution in [0.1, 0.15) is 6.92 Å². The first kappa shape index (κ1) is 10.7. The fourth-order valence-corrected chi connectivity index (χ4v) is 1.88. The van der Waals surface area contributed by atoms with Gasteiger partial charge in [-0.2, -0.15) is 0 Å². The van der Waals surface area contributed by atoms with Gasteiger partial charge in [-0.25, -0.2) is 4.68 Å². The van der Waals surface area contributed by atoms with E-state index in [1.165, 1.54) is 0 Å². The number of pyridine rings is 1. The Kier molecular flexibility index (Phi) is 2.64. The van der Waals surface area contributed by atoms with Gasteiger partial charge in [-0.1, -0.05) is 5.21 Å². The predicted molar refractivity (Wildman–Crippen MR) is 67.8 cm³/mol. The summed E-state index contributed by atoms with van der Waals surface area (Å²) < 4.78 is 7.28. The highest BCUT2D eigenvalue weighted by molar-refractivity contribution is 5.86. The van der Waals surface area contributed by atoms with Gasteiger partial charge in [0.1, 0.15) is 5.75 Å². The lowest BCUT2D eigenvalue weighted by atomic mass is 10.2. The Morgan fingerprint density at radius 2 is 2.17 bits per heavy atom. The summed E-state index contributed by atoms with van der Waals surface area (Å²) in [6.45, 7) is 2.61. The molecule has 3 aromatic rings. The highest BCUT2D eigenvalue weighted by Gasteiger charge is 2.05. The molecule has 0 atom stereocenters. The van der Waals surface area contributed by atoms with Crippen LogP contribution in [-0.4, -0.2) is 26.6 Å². The van der Waals surface area contributed by atoms with Crippen molar-refractivity contribution in [3.8, 4) is 11.4 Å². The van der Waals surface area contributed by atoms with Crippen LogP contribution in [0.2, 0.25) is 0 Å². The van der Waals surface area contributed by atoms with E-state index in [1.54, 1.807) is 23.3 Å². The molecule has 3 rings (SSSR count). The summed E-state index contributed by atoms with van der Waals surface area (Å²) in [7, 11) is 0. The van der Waals surface area contributed by atoms with Crippen molar-refractivity contribution in [1.29, 1.82) is 0 Å². The monoisotopic (exact) mass is 240 g/mol. The SMILES string of the molecule is CCOc1ccnc2cc(-n3ccnn3)ccc12. The number of fused-ring (bicyclic) bond motifs is 1. The molecule has 0 saturated heterocycles. The van der Waals surface area contributed by atoms with Gasteiger partial charge in [-0.15, -0.1) is 5.10 Å². The molecule has 1 aromatic carbocycles. The molecule has 90 valence electrons. The Bertz CT molecular complexity index is 664. The maximum absolute atomic E-state index is 5.57. The third kappa shape index (κ3) is 1.79. The summed E-state index contributed by atoms with van der Waals surface area (Å²) in [4.78, 5) is 4.35. The lowest BCUT2D eigenvalue weighted by molar-refractivity contribution is 0.344. The fourth-order valence-electron chi connectivity index (χ4n) is 1.88. The molecule has 0 radical (unpaired) electrons. The molecule has 0 fully saturated rings. The van der Waals surface area contributed by atoms with Crippen LogP contribution in [0.4, 0.5) is 0 Å². The largest absolute Gasteiger partial charge is 0.493 e. The van der Waals surface area contributed by atoms with E-state index in [1.807, 2.05) is 31.2 Å². The van der Waals surface area contributed by atoms with Crippen molar-refractivity contribution in [2.45, 2.75) is 6.92 Å². The van der Waals surface area contributed by atoms with Crippen LogP contribution < -0.4 is 4.74 Å². The molecular formula is C13H12N4O. The Hall–Kier alpha value is -2.43. The maximum Gasteiger partial charge on any atom is 0.130 e. The zero-order valence-electron chi connectivity index (χ0n) is 9.95. The smallest absolute Gasteiger partial charge is 0.130 e. The topological polar surface area (TPSA) is 52.8 Å². The fraction of sp³-hybridized carbons (Fsp3) is 0.154. The number of hydrogen-bond donors (Lipinski definition) is 0. The predicted octanol–water partition coefficient (Wildman–Crippen LogP) is 2.21. The maximum atomic E-state index is 5.57. The minimum Gasteiger partial charge on any atom is -0.493 e. The van der Waals surface area contributed by atoms with Crippen LogP contribution in [0.25, 0.3) is 16.6 Å². The highest BCUT2D eigenvalue weighted by atomic mass is 16.5. The minimum atomic E-state index is 0.643. The van der Waals surface area contributed by atoms with Crippen molar-refractivity contribution in [3.05, 3.63) is 42.9 Å². The van der Waals surface area contributed by atoms with Gasteiger partial charge in [0.25, 0.3) is 0 Å². The molecule has 0 N–H and O–H groups in total. The summed E-state index contributed by atoms with van der Waals surface area (Å²) >= 11 is 0. The number of hydrogen-bond acceptors (Lipinski definition) is 4. The third-order valence-electron chi connectivity index (χ3n) is 2.67. The molecule has 0 aliphatic rings. The molecule has 0 bridgehead atoms. The van der Waals surface area contributed by atoms with E-state index < -0.39 is 0 Å². The van der Waals surface area contributed by atoms with Gasteiger partial charge in [-0.05, 0) is 31.2 Å². The van der Waals surface area contributed by atoms with E-state index in [0.717, 1.165) is 22.3 Å². The van der Waals surface area contributed by atoms with Gasteiger partial charge in [0, 0.05) is 11.6 Å². The molecule has 5 heteroatoms. The van der Waals surface area contributed by atoms with Crippen molar-refractivity contribution in [3.63, 3.8) is 0 Å². The van der Waals surface area contributed by atoms with E-state index in [0.29, 0.717) is 6.61 Å². The number of aromatic nitrogens is 4. The first-order valence-corrected chi connectivity index (χ1v) is 5.77. The lowest BCUT2D eigenvalue weighted by Crippen LogP contribution is -1.97. The van der Waals surface area contributed by atoms with E-state index >= 15 is 0 Å². The Morgan fingerprint density at radius 3 is 2.94 bits per heavy atom. The van der Waals surface area contributed by atoms with Crippen LogP contribution in [0, 0.1) is 0 Å². The van der Waals surface area contributed by atoms with Gasteiger partial charge >= 0.3 is 0 Å². The summed E-state index contributed by atoms with van der Waals surface area (Å²) in [6.07, 6.45) is 5.19. The van der Waals surface area contributed by atoms with Crippen molar-refractivity contribution >= 4 is 10.9 Å². The number of benzene rings is 1. The molecule has 2 aromatic heterocycles. The van der Waals surface area contributed by atoms with E-state index in [-0.39, 0.29) is 0 Å². The summed E-state index contributed by atoms with van der Waals surface area (Å²) in [5.41, 5.74) is 1.81. The second kappa shape index (κ2) is 4.44. The molecule has 0 spiro atoms. The number of nitrogens with zero attached hydrogens (tertiary/aromatic N) is 4. The average Bonchev–Trinajstić information content (AvgIpc) is 2.93. The van der Waals surface area contributed by atoms with Crippen LogP contribution in [0.3, 0.4) is 0 Å². The van der Waals surface area contributed by atoms with Crippen LogP contribution >= 0.6 is 0 Å². The average molecular weight is 240 g/mol. The Morgan fingerprint density at radius 1 is 1.22 bits per heavy atom. The third-order valence-corrected chi connectivity index (χ3v) is 2.67. The molecule has 0 aliphatic carbocycles. The molecule has 2 heterocycles. The number of rotatable bonds is 3.